The van der Waals surface area contributed by atoms with E-state index in [9.17, 15) is 9.36 Å². The predicted octanol–water partition coefficient (Wildman–Crippen LogP) is 3.62. The van der Waals surface area contributed by atoms with Gasteiger partial charge in [0.05, 0.1) is 18.8 Å². The van der Waals surface area contributed by atoms with E-state index in [2.05, 4.69) is 0 Å². The number of carbonyl (C=O) groups is 1. The summed E-state index contributed by atoms with van der Waals surface area (Å²) in [6.45, 7) is 6.35. The molecule has 2 N–H and O–H groups in total. The highest BCUT2D eigenvalue weighted by Gasteiger charge is 2.31. The number of nitrogens with two attached hydrogens (primary N) is 1. The number of rotatable bonds is 10. The molecule has 5 nitrogen and oxygen atoms in total. The Morgan fingerprint density at radius 3 is 2.43 bits per heavy atom. The first kappa shape index (κ1) is 19.9. The van der Waals surface area contributed by atoms with E-state index >= 15 is 0 Å². The molecule has 6 heteroatoms. The lowest BCUT2D eigenvalue weighted by Crippen LogP contribution is -2.25. The average molecular weight is 341 g/mol. The molecule has 0 heterocycles. The van der Waals surface area contributed by atoms with Crippen molar-refractivity contribution in [3.05, 3.63) is 35.9 Å². The van der Waals surface area contributed by atoms with E-state index in [1.807, 2.05) is 44.2 Å². The second-order valence-corrected chi connectivity index (χ2v) is 8.63. The fraction of sp³-hybridized carbons (Fsp3) is 0.588. The SMILES string of the molecule is CCOP(=O)(CN)C[C@@H](CC(C)C)C(=O)OCc1ccccc1. The van der Waals surface area contributed by atoms with Crippen LogP contribution in [-0.4, -0.2) is 25.0 Å². The van der Waals surface area contributed by atoms with Gasteiger partial charge in [0.2, 0.25) is 7.37 Å². The van der Waals surface area contributed by atoms with Gasteiger partial charge >= 0.3 is 5.97 Å². The van der Waals surface area contributed by atoms with Crippen LogP contribution in [0, 0.1) is 11.8 Å². The minimum absolute atomic E-state index is 0.0542. The summed E-state index contributed by atoms with van der Waals surface area (Å²) >= 11 is 0. The third-order valence-electron chi connectivity index (χ3n) is 3.45. The van der Waals surface area contributed by atoms with E-state index in [1.165, 1.54) is 0 Å². The summed E-state index contributed by atoms with van der Waals surface area (Å²) in [4.78, 5) is 12.4. The largest absolute Gasteiger partial charge is 0.461 e. The summed E-state index contributed by atoms with van der Waals surface area (Å²) in [7, 11) is -2.99. The predicted molar refractivity (Wildman–Crippen MR) is 92.3 cm³/mol. The van der Waals surface area contributed by atoms with Gasteiger partial charge in [0.15, 0.2) is 0 Å². The molecule has 1 unspecified atom stereocenters. The number of ether oxygens (including phenoxy) is 1. The van der Waals surface area contributed by atoms with Crippen LogP contribution in [0.1, 0.15) is 32.8 Å². The lowest BCUT2D eigenvalue weighted by molar-refractivity contribution is -0.149. The lowest BCUT2D eigenvalue weighted by Gasteiger charge is -2.23. The van der Waals surface area contributed by atoms with Gasteiger partial charge in [0.25, 0.3) is 0 Å². The highest BCUT2D eigenvalue weighted by Crippen LogP contribution is 2.47. The first-order valence-electron chi connectivity index (χ1n) is 8.03. The van der Waals surface area contributed by atoms with Gasteiger partial charge in [-0.25, -0.2) is 0 Å². The molecule has 2 atom stereocenters. The van der Waals surface area contributed by atoms with Gasteiger partial charge in [-0.3, -0.25) is 9.36 Å². The molecule has 0 amide bonds. The fourth-order valence-corrected chi connectivity index (χ4v) is 4.21. The molecule has 1 rings (SSSR count). The molecule has 0 fully saturated rings. The van der Waals surface area contributed by atoms with Crippen molar-refractivity contribution in [2.75, 3.05) is 19.1 Å². The Morgan fingerprint density at radius 2 is 1.91 bits per heavy atom. The Morgan fingerprint density at radius 1 is 1.26 bits per heavy atom. The molecule has 0 saturated carbocycles. The van der Waals surface area contributed by atoms with Gasteiger partial charge < -0.3 is 15.0 Å². The topological polar surface area (TPSA) is 78.6 Å². The molecule has 0 aromatic heterocycles. The Balaban J connectivity index is 2.72. The molecule has 1 aromatic carbocycles. The van der Waals surface area contributed by atoms with Crippen LogP contribution in [0.5, 0.6) is 0 Å². The summed E-state index contributed by atoms with van der Waals surface area (Å²) in [5, 5.41) is 0. The Hall–Kier alpha value is -1.16. The molecule has 0 aliphatic rings. The second-order valence-electron chi connectivity index (χ2n) is 6.02. The minimum Gasteiger partial charge on any atom is -0.461 e. The maximum Gasteiger partial charge on any atom is 0.309 e. The summed E-state index contributed by atoms with van der Waals surface area (Å²) in [6.07, 6.45) is 0.690. The van der Waals surface area contributed by atoms with Crippen LogP contribution in [0.15, 0.2) is 30.3 Å². The monoisotopic (exact) mass is 341 g/mol. The number of carbonyl (C=O) groups excluding carboxylic acids is 1. The zero-order valence-electron chi connectivity index (χ0n) is 14.2. The highest BCUT2D eigenvalue weighted by atomic mass is 31.2. The standard InChI is InChI=1S/C17H28NO4P/c1-4-22-23(20,13-18)12-16(10-14(2)3)17(19)21-11-15-8-6-5-7-9-15/h5-9,14,16H,4,10-13,18H2,1-3H3/t16-,23?/m1/s1. The smallest absolute Gasteiger partial charge is 0.309 e. The first-order chi connectivity index (χ1) is 10.9. The van der Waals surface area contributed by atoms with Gasteiger partial charge in [-0.05, 0) is 24.8 Å². The Labute approximate surface area is 139 Å². The van der Waals surface area contributed by atoms with Crippen molar-refractivity contribution in [1.29, 1.82) is 0 Å². The van der Waals surface area contributed by atoms with Crippen LogP contribution >= 0.6 is 7.37 Å². The van der Waals surface area contributed by atoms with E-state index in [0.717, 1.165) is 5.56 Å². The fourth-order valence-electron chi connectivity index (χ4n) is 2.41. The van der Waals surface area contributed by atoms with E-state index in [4.69, 9.17) is 15.0 Å². The van der Waals surface area contributed by atoms with Crippen molar-refractivity contribution < 1.29 is 18.6 Å². The second kappa shape index (κ2) is 9.86. The van der Waals surface area contributed by atoms with Crippen LogP contribution in [0.4, 0.5) is 0 Å². The molecule has 0 radical (unpaired) electrons. The summed E-state index contributed by atoms with van der Waals surface area (Å²) in [5.41, 5.74) is 6.52. The van der Waals surface area contributed by atoms with Gasteiger partial charge in [0.1, 0.15) is 6.61 Å². The van der Waals surface area contributed by atoms with E-state index in [1.54, 1.807) is 6.92 Å². The number of hydrogen-bond acceptors (Lipinski definition) is 5. The molecule has 0 bridgehead atoms. The normalized spacial score (nSPS) is 15.2. The maximum absolute atomic E-state index is 12.6. The molecule has 1 aromatic rings. The minimum atomic E-state index is -2.99. The number of esters is 1. The summed E-state index contributed by atoms with van der Waals surface area (Å²) in [5.74, 6) is -0.507. The van der Waals surface area contributed by atoms with Crippen LogP contribution in [0.3, 0.4) is 0 Å². The number of benzene rings is 1. The third kappa shape index (κ3) is 7.30. The van der Waals surface area contributed by atoms with Crippen molar-refractivity contribution in [1.82, 2.24) is 0 Å². The molecule has 0 saturated heterocycles. The van der Waals surface area contributed by atoms with Gasteiger partial charge in [-0.15, -0.1) is 0 Å². The van der Waals surface area contributed by atoms with Crippen LogP contribution < -0.4 is 5.73 Å². The van der Waals surface area contributed by atoms with E-state index in [-0.39, 0.29) is 30.9 Å². The van der Waals surface area contributed by atoms with Gasteiger partial charge in [-0.1, -0.05) is 44.2 Å². The zero-order valence-corrected chi connectivity index (χ0v) is 15.1. The van der Waals surface area contributed by atoms with Crippen LogP contribution in [-0.2, 0) is 25.2 Å². The van der Waals surface area contributed by atoms with E-state index in [0.29, 0.717) is 13.0 Å². The molecule has 23 heavy (non-hydrogen) atoms. The van der Waals surface area contributed by atoms with E-state index < -0.39 is 13.3 Å². The maximum atomic E-state index is 12.6. The number of hydrogen-bond donors (Lipinski definition) is 1. The van der Waals surface area contributed by atoms with Crippen molar-refractivity contribution in [3.8, 4) is 0 Å². The molecule has 0 aliphatic heterocycles. The average Bonchev–Trinajstić information content (AvgIpc) is 2.52. The first-order valence-corrected chi connectivity index (χ1v) is 10.0. The van der Waals surface area contributed by atoms with Crippen LogP contribution in [0.25, 0.3) is 0 Å². The lowest BCUT2D eigenvalue weighted by atomic mass is 9.99. The van der Waals surface area contributed by atoms with Gasteiger partial charge in [0, 0.05) is 6.16 Å². The third-order valence-corrected chi connectivity index (χ3v) is 5.74. The molecule has 130 valence electrons. The zero-order chi connectivity index (χ0) is 17.3. The molecular formula is C17H28NO4P. The van der Waals surface area contributed by atoms with Crippen LogP contribution in [0.2, 0.25) is 0 Å². The Bertz CT molecular complexity index is 519. The van der Waals surface area contributed by atoms with Gasteiger partial charge in [-0.2, -0.15) is 0 Å². The Kier molecular flexibility index (Phi) is 8.53. The molecular weight excluding hydrogens is 313 g/mol. The molecule has 0 spiro atoms. The summed E-state index contributed by atoms with van der Waals surface area (Å²) in [6, 6.07) is 9.50. The van der Waals surface area contributed by atoms with Crippen molar-refractivity contribution in [2.45, 2.75) is 33.8 Å². The highest BCUT2D eigenvalue weighted by molar-refractivity contribution is 7.58. The van der Waals surface area contributed by atoms with Crippen molar-refractivity contribution in [2.24, 2.45) is 17.6 Å². The molecule has 0 aliphatic carbocycles. The van der Waals surface area contributed by atoms with Crippen molar-refractivity contribution in [3.63, 3.8) is 0 Å². The van der Waals surface area contributed by atoms with Crippen molar-refractivity contribution >= 4 is 13.3 Å². The quantitative estimate of drug-likeness (QED) is 0.519. The summed E-state index contributed by atoms with van der Waals surface area (Å²) < 4.78 is 23.3.